The third-order valence-corrected chi connectivity index (χ3v) is 15.9. The van der Waals surface area contributed by atoms with E-state index in [1.807, 2.05) is 232 Å². The van der Waals surface area contributed by atoms with Gasteiger partial charge in [-0.2, -0.15) is 0 Å². The van der Waals surface area contributed by atoms with E-state index < -0.39 is 17.5 Å². The van der Waals surface area contributed by atoms with E-state index in [-0.39, 0.29) is 174 Å². The topological polar surface area (TPSA) is 139 Å². The van der Waals surface area contributed by atoms with Gasteiger partial charge in [0, 0.05) is 151 Å². The minimum atomic E-state index is -0.417. The second-order valence-corrected chi connectivity index (χ2v) is 26.8. The number of pyridine rings is 5. The van der Waals surface area contributed by atoms with E-state index >= 15 is 0 Å². The van der Waals surface area contributed by atoms with Crippen molar-refractivity contribution in [2.24, 2.45) is 10.8 Å². The summed E-state index contributed by atoms with van der Waals surface area (Å²) in [5.41, 5.74) is 18.1. The predicted octanol–water partition coefficient (Wildman–Crippen LogP) is 24.9. The summed E-state index contributed by atoms with van der Waals surface area (Å²) in [5, 5.41) is 17.9. The molecule has 5 heterocycles. The van der Waals surface area contributed by atoms with Gasteiger partial charge in [0.05, 0.1) is 19.5 Å². The summed E-state index contributed by atoms with van der Waals surface area (Å²) in [5.74, 6) is -0.185. The van der Waals surface area contributed by atoms with Gasteiger partial charge in [-0.1, -0.05) is 194 Å². The molecule has 0 aliphatic heterocycles. The third-order valence-electron chi connectivity index (χ3n) is 15.9. The molecule has 14 heteroatoms. The van der Waals surface area contributed by atoms with E-state index in [2.05, 4.69) is 80.4 Å². The van der Waals surface area contributed by atoms with Crippen LogP contribution in [0, 0.1) is 74.7 Å². The fourth-order valence-corrected chi connectivity index (χ4v) is 10.0. The molecule has 9 aromatic carbocycles. The number of aryl methyl sites for hydroxylation is 4. The first-order chi connectivity index (χ1) is 56.5. The number of aliphatic hydroxyl groups is 2. The monoisotopic (exact) mass is 2210 g/mol. The summed E-state index contributed by atoms with van der Waals surface area (Å²) in [6, 6.07) is 81.7. The first-order valence-electron chi connectivity index (χ1n) is 40.0. The molecule has 0 aliphatic rings. The zero-order chi connectivity index (χ0) is 86.8. The Balaban J connectivity index is 0.000000307. The number of hydrogen-bond acceptors (Lipinski definition) is 9. The smallest absolute Gasteiger partial charge is 0.164 e. The van der Waals surface area contributed by atoms with Gasteiger partial charge in [0.1, 0.15) is 11.6 Å². The molecule has 0 spiro atoms. The van der Waals surface area contributed by atoms with Crippen LogP contribution in [0.3, 0.4) is 0 Å². The van der Waals surface area contributed by atoms with Gasteiger partial charge in [0.15, 0.2) is 11.6 Å². The second-order valence-electron chi connectivity index (χ2n) is 26.8. The number of benzene rings is 9. The third kappa shape index (κ3) is 31.6. The minimum absolute atomic E-state index is 0. The molecule has 14 rings (SSSR count). The standard InChI is InChI=1S/C18H13FN.3C18H14N.C11H8N.C11H20O2.C5H8O2.4Ir/c1-13-11-18(15-5-3-2-4-6-15)20-12-17(13)14-7-9-16(19)10-8-14;2*1-14-12-18(16-10-6-3-7-11-16)19-13-17(14)15-8-4-2-5-9-15;1-14-6-5-9-16(12-14)18-11-10-17(13-19-18)15-7-3-2-4-8-15;1-2-6-10(7-3-1)11-8-4-5-9-12-11;1-10(2,3)8(12)7-9(13)11(4,5)6;1-4(6)3-5(2)7;;;;/h2-5,7-12H,1H3;2*2-10,12-13H,1H3;2-11,13H,1H3;1-6,8-9H;7,12H,1-6H3;3,6H,1-2H3;;;;/q5*-1;;;;;;/i;2D,4D,5D,8D,9D;;2D,3D,4D,7D,8D;;;;;;;. The van der Waals surface area contributed by atoms with Crippen LogP contribution >= 0.6 is 0 Å². The zero-order valence-electron chi connectivity index (χ0n) is 74.5. The molecule has 113 heavy (non-hydrogen) atoms. The van der Waals surface area contributed by atoms with Crippen molar-refractivity contribution in [3.05, 3.63) is 392 Å². The summed E-state index contributed by atoms with van der Waals surface area (Å²) >= 11 is 0. The van der Waals surface area contributed by atoms with Crippen molar-refractivity contribution in [2.45, 2.75) is 83.1 Å². The summed E-state index contributed by atoms with van der Waals surface area (Å²) < 4.78 is 91.6. The van der Waals surface area contributed by atoms with E-state index in [0.717, 1.165) is 84.1 Å². The summed E-state index contributed by atoms with van der Waals surface area (Å²) in [7, 11) is 0. The van der Waals surface area contributed by atoms with Crippen LogP contribution in [0.4, 0.5) is 4.39 Å². The van der Waals surface area contributed by atoms with Gasteiger partial charge in [-0.3, -0.25) is 9.59 Å². The Morgan fingerprint density at radius 2 is 0.779 bits per heavy atom. The van der Waals surface area contributed by atoms with Crippen molar-refractivity contribution in [1.29, 1.82) is 0 Å². The van der Waals surface area contributed by atoms with E-state index in [4.69, 9.17) is 18.8 Å². The van der Waals surface area contributed by atoms with Crippen LogP contribution < -0.4 is 0 Å². The first-order valence-corrected chi connectivity index (χ1v) is 35.0. The molecule has 0 saturated carbocycles. The number of aromatic nitrogens is 5. The zero-order valence-corrected chi connectivity index (χ0v) is 74.1. The van der Waals surface area contributed by atoms with Crippen LogP contribution in [0.15, 0.2) is 333 Å². The molecule has 0 bridgehead atoms. The Morgan fingerprint density at radius 1 is 0.389 bits per heavy atom. The summed E-state index contributed by atoms with van der Waals surface area (Å²) in [4.78, 5) is 43.5. The molecule has 0 fully saturated rings. The maximum atomic E-state index is 13.0. The van der Waals surface area contributed by atoms with Crippen LogP contribution in [-0.2, 0) is 90.0 Å². The maximum absolute atomic E-state index is 13.0. The summed E-state index contributed by atoms with van der Waals surface area (Å²) in [6.07, 6.45) is 11.1. The van der Waals surface area contributed by atoms with Crippen LogP contribution in [0.5, 0.6) is 0 Å². The normalized spacial score (nSPS) is 11.7. The van der Waals surface area contributed by atoms with Crippen molar-refractivity contribution in [1.82, 2.24) is 24.9 Å². The quantitative estimate of drug-likeness (QED) is 0.0736. The van der Waals surface area contributed by atoms with Gasteiger partial charge in [0.2, 0.25) is 0 Å². The Kier molecular flexibility index (Phi) is 34.1. The Morgan fingerprint density at radius 3 is 1.14 bits per heavy atom. The number of allylic oxidation sites excluding steroid dienone is 4. The number of rotatable bonds is 11. The van der Waals surface area contributed by atoms with Gasteiger partial charge < -0.3 is 35.1 Å². The number of aliphatic hydroxyl groups excluding tert-OH is 2. The Bertz CT molecular complexity index is 5750. The van der Waals surface area contributed by atoms with Gasteiger partial charge >= 0.3 is 0 Å². The van der Waals surface area contributed by atoms with Crippen molar-refractivity contribution in [2.75, 3.05) is 0 Å². The fraction of sp³-hybridized carbons (Fsp3) is 0.141. The van der Waals surface area contributed by atoms with Crippen molar-refractivity contribution in [3.8, 4) is 101 Å². The Labute approximate surface area is 735 Å². The second kappa shape index (κ2) is 48.6. The SMILES string of the molecule is CC(=O)C=C(C)O.CC(C)(C)C(=O)C=C(O)C(C)(C)C.Cc1cc(-c2[c-]cccc2)ncc1-c1ccc(F)cc1.Cc1cc(-c2[c-]cccc2)ncc1-c1ccccc1.[2H]c1c([2H])c([2H])c(-c2ccc(-c3[c-]c(C)ccc3)nc2)c([2H])c1[2H].[2H]c1c([2H])c([2H])c(-c2cnc(-c3[c-]cccc3)cc2C)c([2H])c1[2H].[Ir].[Ir].[Ir].[Ir].[c-]1ccccc1-c1ccccn1. The molecule has 5 aromatic heterocycles. The van der Waals surface area contributed by atoms with Crippen LogP contribution in [-0.4, -0.2) is 46.7 Å². The van der Waals surface area contributed by atoms with Crippen LogP contribution in [0.1, 0.15) is 91.4 Å². The maximum Gasteiger partial charge on any atom is 0.164 e. The number of nitrogens with zero attached hydrogens (tertiary/aromatic N) is 5. The number of halogens is 1. The molecule has 0 atom stereocenters. The molecular formula is C99H91FIr4N5O4-5. The fourth-order valence-electron chi connectivity index (χ4n) is 10.0. The molecule has 0 amide bonds. The number of carbonyl (C=O) groups is 2. The minimum Gasteiger partial charge on any atom is -0.512 e. The van der Waals surface area contributed by atoms with Gasteiger partial charge in [-0.05, 0) is 126 Å². The molecule has 584 valence electrons. The van der Waals surface area contributed by atoms with E-state index in [9.17, 15) is 19.1 Å². The van der Waals surface area contributed by atoms with Crippen molar-refractivity contribution >= 4 is 11.6 Å². The predicted molar refractivity (Wildman–Crippen MR) is 445 cm³/mol. The van der Waals surface area contributed by atoms with Gasteiger partial charge in [-0.25, -0.2) is 4.39 Å². The molecule has 0 saturated heterocycles. The van der Waals surface area contributed by atoms with Crippen molar-refractivity contribution < 1.29 is 118 Å². The van der Waals surface area contributed by atoms with E-state index in [1.54, 1.807) is 42.7 Å². The first kappa shape index (κ1) is 79.3. The molecule has 4 radical (unpaired) electrons. The Hall–Kier alpha value is -10.3. The van der Waals surface area contributed by atoms with Crippen LogP contribution in [0.2, 0.25) is 0 Å². The largest absolute Gasteiger partial charge is 0.512 e. The summed E-state index contributed by atoms with van der Waals surface area (Å²) in [6.45, 7) is 21.9. The number of ketones is 2. The van der Waals surface area contributed by atoms with Gasteiger partial charge in [-0.15, -0.1) is 179 Å². The number of carbonyl (C=O) groups excluding carboxylic acids is 2. The van der Waals surface area contributed by atoms with Gasteiger partial charge in [0.25, 0.3) is 0 Å². The van der Waals surface area contributed by atoms with E-state index in [0.29, 0.717) is 11.1 Å². The molecule has 0 aliphatic carbocycles. The molecule has 9 nitrogen and oxygen atoms in total. The molecular weight excluding hydrogens is 2110 g/mol. The average molecular weight is 2210 g/mol. The van der Waals surface area contributed by atoms with Crippen molar-refractivity contribution in [3.63, 3.8) is 0 Å². The van der Waals surface area contributed by atoms with Crippen LogP contribution in [0.25, 0.3) is 101 Å². The van der Waals surface area contributed by atoms with E-state index in [1.165, 1.54) is 61.0 Å². The number of hydrogen-bond donors (Lipinski definition) is 2. The molecule has 2 N–H and O–H groups in total. The average Bonchev–Trinajstić information content (AvgIpc) is 0.784. The molecule has 0 unspecified atom stereocenters. The molecule has 14 aromatic rings.